The maximum Gasteiger partial charge on any atom is 0.335 e. The molecule has 0 saturated carbocycles. The summed E-state index contributed by atoms with van der Waals surface area (Å²) in [6, 6.07) is 0. The average molecular weight is 255 g/mol. The number of hydrogen-bond acceptors (Lipinski definition) is 6. The van der Waals surface area contributed by atoms with Crippen molar-refractivity contribution in [3.8, 4) is 0 Å². The Labute approximate surface area is 104 Å². The highest BCUT2D eigenvalue weighted by atomic mass is 16.5. The summed E-state index contributed by atoms with van der Waals surface area (Å²) in [4.78, 5) is 17.0. The van der Waals surface area contributed by atoms with Crippen LogP contribution in [0.2, 0.25) is 0 Å². The Morgan fingerprint density at radius 3 is 2.72 bits per heavy atom. The quantitative estimate of drug-likeness (QED) is 0.805. The molecule has 18 heavy (non-hydrogen) atoms. The van der Waals surface area contributed by atoms with Gasteiger partial charge in [-0.3, -0.25) is 0 Å². The van der Waals surface area contributed by atoms with E-state index in [4.69, 9.17) is 9.63 Å². The fourth-order valence-electron chi connectivity index (χ4n) is 1.98. The lowest BCUT2D eigenvalue weighted by Gasteiger charge is -2.34. The third kappa shape index (κ3) is 2.45. The van der Waals surface area contributed by atoms with Crippen molar-refractivity contribution >= 4 is 11.9 Å². The van der Waals surface area contributed by atoms with Crippen LogP contribution in [0.3, 0.4) is 0 Å². The second-order valence-electron chi connectivity index (χ2n) is 4.56. The Balaban J connectivity index is 1.98. The molecule has 1 fully saturated rings. The van der Waals surface area contributed by atoms with E-state index in [0.717, 1.165) is 12.8 Å². The Hall–Kier alpha value is -1.63. The van der Waals surface area contributed by atoms with Gasteiger partial charge in [-0.25, -0.2) is 4.79 Å². The van der Waals surface area contributed by atoms with Crippen LogP contribution in [0.15, 0.2) is 4.52 Å². The van der Waals surface area contributed by atoms with E-state index in [1.165, 1.54) is 0 Å². The lowest BCUT2D eigenvalue weighted by atomic mass is 9.92. The van der Waals surface area contributed by atoms with Gasteiger partial charge in [-0.05, 0) is 11.6 Å². The van der Waals surface area contributed by atoms with E-state index in [1.807, 2.05) is 11.8 Å². The molecule has 1 aromatic rings. The number of rotatable bonds is 4. The molecule has 0 aromatic carbocycles. The predicted molar refractivity (Wildman–Crippen MR) is 62.3 cm³/mol. The molecule has 0 bridgehead atoms. The van der Waals surface area contributed by atoms with Crippen molar-refractivity contribution in [3.63, 3.8) is 0 Å². The van der Waals surface area contributed by atoms with Gasteiger partial charge in [0.1, 0.15) is 0 Å². The Morgan fingerprint density at radius 2 is 2.17 bits per heavy atom. The molecular weight excluding hydrogens is 238 g/mol. The highest BCUT2D eigenvalue weighted by Crippen LogP contribution is 2.25. The highest BCUT2D eigenvalue weighted by Gasteiger charge is 2.40. The maximum atomic E-state index is 10.9. The second kappa shape index (κ2) is 4.93. The first-order valence-electron chi connectivity index (χ1n) is 6.08. The molecule has 1 aliphatic rings. The van der Waals surface area contributed by atoms with Crippen molar-refractivity contribution in [2.45, 2.75) is 38.2 Å². The molecule has 0 amide bonds. The van der Waals surface area contributed by atoms with Crippen LogP contribution in [-0.4, -0.2) is 45.0 Å². The van der Waals surface area contributed by atoms with Crippen molar-refractivity contribution in [2.24, 2.45) is 0 Å². The van der Waals surface area contributed by atoms with Crippen LogP contribution in [0.1, 0.15) is 32.1 Å². The Bertz CT molecular complexity index is 424. The van der Waals surface area contributed by atoms with Gasteiger partial charge in [0.2, 0.25) is 5.89 Å². The van der Waals surface area contributed by atoms with Crippen LogP contribution < -0.4 is 4.90 Å². The van der Waals surface area contributed by atoms with Crippen LogP contribution in [0.5, 0.6) is 0 Å². The molecule has 7 nitrogen and oxygen atoms in total. The van der Waals surface area contributed by atoms with Crippen molar-refractivity contribution in [1.82, 2.24) is 10.1 Å². The molecule has 1 aromatic heterocycles. The van der Waals surface area contributed by atoms with Gasteiger partial charge in [-0.1, -0.05) is 6.92 Å². The molecule has 1 saturated heterocycles. The topological polar surface area (TPSA) is 99.7 Å². The number of carboxylic acids is 1. The predicted octanol–water partition coefficient (Wildman–Crippen LogP) is 0.438. The van der Waals surface area contributed by atoms with Gasteiger partial charge in [0.05, 0.1) is 0 Å². The summed E-state index contributed by atoms with van der Waals surface area (Å²) in [5.41, 5.74) is -1.62. The second-order valence-corrected chi connectivity index (χ2v) is 4.56. The summed E-state index contributed by atoms with van der Waals surface area (Å²) in [6.07, 6.45) is 2.00. The smallest absolute Gasteiger partial charge is 0.335 e. The van der Waals surface area contributed by atoms with Crippen LogP contribution in [0.4, 0.5) is 5.95 Å². The van der Waals surface area contributed by atoms with Crippen LogP contribution in [0.25, 0.3) is 0 Å². The van der Waals surface area contributed by atoms with E-state index in [9.17, 15) is 9.90 Å². The number of aliphatic carboxylic acids is 1. The van der Waals surface area contributed by atoms with Crippen molar-refractivity contribution < 1.29 is 19.5 Å². The summed E-state index contributed by atoms with van der Waals surface area (Å²) >= 11 is 0. The largest absolute Gasteiger partial charge is 0.479 e. The van der Waals surface area contributed by atoms with Crippen molar-refractivity contribution in [2.75, 3.05) is 18.0 Å². The van der Waals surface area contributed by atoms with Gasteiger partial charge in [0, 0.05) is 32.4 Å². The van der Waals surface area contributed by atoms with Gasteiger partial charge in [0.25, 0.3) is 5.95 Å². The van der Waals surface area contributed by atoms with Gasteiger partial charge < -0.3 is 19.6 Å². The number of hydrogen-bond donors (Lipinski definition) is 2. The first-order valence-corrected chi connectivity index (χ1v) is 6.08. The average Bonchev–Trinajstić information content (AvgIpc) is 2.79. The first-order chi connectivity index (χ1) is 8.55. The minimum Gasteiger partial charge on any atom is -0.479 e. The number of piperidine rings is 1. The molecule has 0 aliphatic carbocycles. The summed E-state index contributed by atoms with van der Waals surface area (Å²) in [5, 5.41) is 22.6. The normalized spacial score (nSPS) is 18.9. The summed E-state index contributed by atoms with van der Waals surface area (Å²) in [6.45, 7) is 2.85. The zero-order valence-electron chi connectivity index (χ0n) is 10.3. The molecule has 0 radical (unpaired) electrons. The number of carbonyl (C=O) groups is 1. The van der Waals surface area contributed by atoms with E-state index < -0.39 is 11.6 Å². The minimum atomic E-state index is -1.62. The number of aromatic nitrogens is 2. The third-order valence-electron chi connectivity index (χ3n) is 3.19. The molecule has 0 spiro atoms. The Kier molecular flexibility index (Phi) is 3.51. The van der Waals surface area contributed by atoms with E-state index in [-0.39, 0.29) is 12.8 Å². The maximum absolute atomic E-state index is 10.9. The van der Waals surface area contributed by atoms with E-state index in [2.05, 4.69) is 10.1 Å². The molecular formula is C11H17N3O4. The number of anilines is 1. The monoisotopic (exact) mass is 255 g/mol. The van der Waals surface area contributed by atoms with Gasteiger partial charge in [0.15, 0.2) is 5.60 Å². The van der Waals surface area contributed by atoms with Crippen LogP contribution >= 0.6 is 0 Å². The number of nitrogens with zero attached hydrogens (tertiary/aromatic N) is 3. The van der Waals surface area contributed by atoms with Gasteiger partial charge >= 0.3 is 5.97 Å². The molecule has 2 rings (SSSR count). The Morgan fingerprint density at radius 1 is 1.50 bits per heavy atom. The third-order valence-corrected chi connectivity index (χ3v) is 3.19. The SMILES string of the molecule is CCCc1nc(N2CCC(O)(C(=O)O)CC2)no1. The molecule has 7 heteroatoms. The lowest BCUT2D eigenvalue weighted by Crippen LogP contribution is -2.49. The van der Waals surface area contributed by atoms with E-state index in [0.29, 0.717) is 24.9 Å². The summed E-state index contributed by atoms with van der Waals surface area (Å²) in [7, 11) is 0. The molecule has 0 atom stereocenters. The molecule has 1 aliphatic heterocycles. The van der Waals surface area contributed by atoms with E-state index >= 15 is 0 Å². The molecule has 2 N–H and O–H groups in total. The summed E-state index contributed by atoms with van der Waals surface area (Å²) < 4.78 is 5.08. The minimum absolute atomic E-state index is 0.167. The van der Waals surface area contributed by atoms with Crippen molar-refractivity contribution in [1.29, 1.82) is 0 Å². The fourth-order valence-corrected chi connectivity index (χ4v) is 1.98. The van der Waals surface area contributed by atoms with Crippen molar-refractivity contribution in [3.05, 3.63) is 5.89 Å². The van der Waals surface area contributed by atoms with Crippen LogP contribution in [-0.2, 0) is 11.2 Å². The number of carboxylic acid groups (broad SMARTS) is 1. The lowest BCUT2D eigenvalue weighted by molar-refractivity contribution is -0.160. The standard InChI is InChI=1S/C11H17N3O4/c1-2-3-8-12-10(13-18-8)14-6-4-11(17,5-7-14)9(15)16/h17H,2-7H2,1H3,(H,15,16). The van der Waals surface area contributed by atoms with E-state index in [1.54, 1.807) is 0 Å². The molecule has 100 valence electrons. The molecule has 0 unspecified atom stereocenters. The first kappa shape index (κ1) is 12.8. The zero-order chi connectivity index (χ0) is 13.2. The number of aryl methyl sites for hydroxylation is 1. The van der Waals surface area contributed by atoms with Gasteiger partial charge in [-0.2, -0.15) is 4.98 Å². The molecule has 2 heterocycles. The van der Waals surface area contributed by atoms with Crippen LogP contribution in [0, 0.1) is 0 Å². The zero-order valence-corrected chi connectivity index (χ0v) is 10.3. The summed E-state index contributed by atoms with van der Waals surface area (Å²) in [5.74, 6) is -0.0978. The van der Waals surface area contributed by atoms with Gasteiger partial charge in [-0.15, -0.1) is 0 Å². The highest BCUT2D eigenvalue weighted by molar-refractivity contribution is 5.77. The number of aliphatic hydroxyl groups is 1. The fraction of sp³-hybridized carbons (Fsp3) is 0.727.